The summed E-state index contributed by atoms with van der Waals surface area (Å²) in [5, 5.41) is 4.28. The van der Waals surface area contributed by atoms with Gasteiger partial charge in [-0.2, -0.15) is 0 Å². The van der Waals surface area contributed by atoms with E-state index in [0.717, 1.165) is 13.1 Å². The minimum absolute atomic E-state index is 0.151. The van der Waals surface area contributed by atoms with Crippen molar-refractivity contribution in [2.75, 3.05) is 19.6 Å². The standard InChI is InChI=1S/C15H15F2N3OS/c16-15(17)11-6-18-4-9-2-1-3-13(14(9)11)22(21)20-7-10-5-19-12(10)8-20/h1-4,6,10,12,15,19H,5,7-8H2/t10-,12?,22?/m1/s1. The quantitative estimate of drug-likeness (QED) is 0.941. The van der Waals surface area contributed by atoms with Crippen LogP contribution in [0.4, 0.5) is 8.78 Å². The molecule has 0 saturated carbocycles. The molecule has 0 amide bonds. The largest absolute Gasteiger partial charge is 0.312 e. The van der Waals surface area contributed by atoms with Gasteiger partial charge < -0.3 is 5.32 Å². The van der Waals surface area contributed by atoms with E-state index in [1.807, 2.05) is 4.31 Å². The summed E-state index contributed by atoms with van der Waals surface area (Å²) in [5.41, 5.74) is -0.151. The molecule has 22 heavy (non-hydrogen) atoms. The number of nitrogens with zero attached hydrogens (tertiary/aromatic N) is 2. The van der Waals surface area contributed by atoms with Crippen molar-refractivity contribution in [1.82, 2.24) is 14.6 Å². The zero-order valence-corrected chi connectivity index (χ0v) is 12.5. The molecule has 2 aliphatic heterocycles. The number of hydrogen-bond acceptors (Lipinski definition) is 3. The first-order valence-electron chi connectivity index (χ1n) is 7.20. The molecule has 0 radical (unpaired) electrons. The average Bonchev–Trinajstić information content (AvgIpc) is 2.80. The van der Waals surface area contributed by atoms with Gasteiger partial charge in [-0.05, 0) is 6.07 Å². The first-order valence-corrected chi connectivity index (χ1v) is 8.31. The van der Waals surface area contributed by atoms with Crippen LogP contribution in [0.3, 0.4) is 0 Å². The molecule has 2 unspecified atom stereocenters. The number of hydrogen-bond donors (Lipinski definition) is 1. The summed E-state index contributed by atoms with van der Waals surface area (Å²) in [6, 6.07) is 5.53. The summed E-state index contributed by atoms with van der Waals surface area (Å²) >= 11 is 0. The molecular weight excluding hydrogens is 308 g/mol. The first kappa shape index (κ1) is 14.2. The van der Waals surface area contributed by atoms with E-state index < -0.39 is 17.4 Å². The predicted octanol–water partition coefficient (Wildman–Crippen LogP) is 2.10. The number of alkyl halides is 2. The number of aromatic nitrogens is 1. The lowest BCUT2D eigenvalue weighted by atomic mass is 9.96. The van der Waals surface area contributed by atoms with Crippen molar-refractivity contribution in [3.63, 3.8) is 0 Å². The number of rotatable bonds is 3. The Labute approximate surface area is 129 Å². The van der Waals surface area contributed by atoms with Gasteiger partial charge in [0, 0.05) is 60.3 Å². The highest BCUT2D eigenvalue weighted by molar-refractivity contribution is 7.83. The Bertz CT molecular complexity index is 737. The molecule has 2 aliphatic rings. The second kappa shape index (κ2) is 5.33. The highest BCUT2D eigenvalue weighted by Crippen LogP contribution is 2.33. The maximum atomic E-state index is 13.3. The fourth-order valence-electron chi connectivity index (χ4n) is 3.22. The number of pyridine rings is 1. The summed E-state index contributed by atoms with van der Waals surface area (Å²) in [5.74, 6) is 0.523. The minimum Gasteiger partial charge on any atom is -0.312 e. The van der Waals surface area contributed by atoms with Gasteiger partial charge in [0.1, 0.15) is 11.0 Å². The normalized spacial score (nSPS) is 26.1. The van der Waals surface area contributed by atoms with Crippen LogP contribution in [0.15, 0.2) is 35.5 Å². The maximum Gasteiger partial charge on any atom is 0.265 e. The smallest absolute Gasteiger partial charge is 0.265 e. The van der Waals surface area contributed by atoms with E-state index in [-0.39, 0.29) is 5.56 Å². The number of benzene rings is 1. The molecule has 0 spiro atoms. The highest BCUT2D eigenvalue weighted by atomic mass is 32.2. The third-order valence-corrected chi connectivity index (χ3v) is 5.97. The van der Waals surface area contributed by atoms with Gasteiger partial charge in [-0.15, -0.1) is 0 Å². The van der Waals surface area contributed by atoms with Crippen molar-refractivity contribution >= 4 is 21.8 Å². The van der Waals surface area contributed by atoms with E-state index in [4.69, 9.17) is 0 Å². The van der Waals surface area contributed by atoms with E-state index >= 15 is 0 Å². The van der Waals surface area contributed by atoms with Crippen LogP contribution in [0.5, 0.6) is 0 Å². The first-order chi connectivity index (χ1) is 10.6. The van der Waals surface area contributed by atoms with Gasteiger partial charge >= 0.3 is 0 Å². The lowest BCUT2D eigenvalue weighted by Gasteiger charge is -2.30. The van der Waals surface area contributed by atoms with E-state index in [1.54, 1.807) is 18.2 Å². The Kier molecular flexibility index (Phi) is 3.43. The van der Waals surface area contributed by atoms with E-state index in [9.17, 15) is 13.0 Å². The van der Waals surface area contributed by atoms with Crippen LogP contribution in [0, 0.1) is 5.92 Å². The molecule has 3 heterocycles. The van der Waals surface area contributed by atoms with Crippen LogP contribution in [-0.2, 0) is 11.0 Å². The number of nitrogens with one attached hydrogen (secondary N) is 1. The summed E-state index contributed by atoms with van der Waals surface area (Å²) in [7, 11) is -1.43. The molecular formula is C15H15F2N3OS. The molecule has 1 N–H and O–H groups in total. The molecule has 0 bridgehead atoms. The van der Waals surface area contributed by atoms with Crippen molar-refractivity contribution < 1.29 is 13.0 Å². The van der Waals surface area contributed by atoms with E-state index in [2.05, 4.69) is 10.3 Å². The molecule has 1 aromatic heterocycles. The van der Waals surface area contributed by atoms with Gasteiger partial charge in [-0.1, -0.05) is 12.1 Å². The molecule has 0 aliphatic carbocycles. The predicted molar refractivity (Wildman–Crippen MR) is 80.0 cm³/mol. The van der Waals surface area contributed by atoms with Crippen LogP contribution in [-0.4, -0.2) is 39.2 Å². The number of halogens is 2. The maximum absolute atomic E-state index is 13.3. The summed E-state index contributed by atoms with van der Waals surface area (Å²) in [4.78, 5) is 4.32. The van der Waals surface area contributed by atoms with Crippen molar-refractivity contribution in [3.8, 4) is 0 Å². The SMILES string of the molecule is O=S(c1cccc2cncc(C(F)F)c12)N1CC2NC[C@@H]2C1. The average molecular weight is 323 g/mol. The summed E-state index contributed by atoms with van der Waals surface area (Å²) < 4.78 is 41.4. The third-order valence-electron chi connectivity index (χ3n) is 4.48. The van der Waals surface area contributed by atoms with Crippen LogP contribution < -0.4 is 5.32 Å². The Balaban J connectivity index is 1.79. The Morgan fingerprint density at radius 3 is 2.82 bits per heavy atom. The second-order valence-electron chi connectivity index (χ2n) is 5.75. The fraction of sp³-hybridized carbons (Fsp3) is 0.400. The monoisotopic (exact) mass is 323 g/mol. The van der Waals surface area contributed by atoms with Crippen LogP contribution in [0.1, 0.15) is 12.0 Å². The van der Waals surface area contributed by atoms with Crippen LogP contribution in [0.25, 0.3) is 10.8 Å². The molecule has 2 aromatic rings. The molecule has 4 rings (SSSR count). The lowest BCUT2D eigenvalue weighted by Crippen LogP contribution is -2.51. The lowest BCUT2D eigenvalue weighted by molar-refractivity contribution is 0.152. The Hall–Kier alpha value is -1.44. The topological polar surface area (TPSA) is 45.2 Å². The highest BCUT2D eigenvalue weighted by Gasteiger charge is 2.41. The van der Waals surface area contributed by atoms with Gasteiger partial charge in [0.05, 0.1) is 4.90 Å². The van der Waals surface area contributed by atoms with Gasteiger partial charge in [0.15, 0.2) is 0 Å². The molecule has 7 heteroatoms. The molecule has 116 valence electrons. The van der Waals surface area contributed by atoms with Gasteiger partial charge in [0.25, 0.3) is 6.43 Å². The molecule has 2 saturated heterocycles. The van der Waals surface area contributed by atoms with Gasteiger partial charge in [-0.3, -0.25) is 4.98 Å². The minimum atomic E-state index is -2.63. The van der Waals surface area contributed by atoms with Gasteiger partial charge in [-0.25, -0.2) is 17.3 Å². The van der Waals surface area contributed by atoms with Crippen molar-refractivity contribution in [2.45, 2.75) is 17.4 Å². The van der Waals surface area contributed by atoms with E-state index in [0.29, 0.717) is 34.2 Å². The van der Waals surface area contributed by atoms with E-state index in [1.165, 1.54) is 12.4 Å². The Morgan fingerprint density at radius 1 is 1.32 bits per heavy atom. The zero-order chi connectivity index (χ0) is 15.3. The van der Waals surface area contributed by atoms with Crippen LogP contribution >= 0.6 is 0 Å². The van der Waals surface area contributed by atoms with Crippen molar-refractivity contribution in [1.29, 1.82) is 0 Å². The molecule has 3 atom stereocenters. The summed E-state index contributed by atoms with van der Waals surface area (Å²) in [6.07, 6.45) is 0.0749. The number of fused-ring (bicyclic) bond motifs is 2. The molecule has 2 fully saturated rings. The molecule has 4 nitrogen and oxygen atoms in total. The third kappa shape index (κ3) is 2.15. The van der Waals surface area contributed by atoms with Crippen LogP contribution in [0.2, 0.25) is 0 Å². The van der Waals surface area contributed by atoms with Gasteiger partial charge in [0.2, 0.25) is 0 Å². The fourth-order valence-corrected chi connectivity index (χ4v) is 4.73. The molecule has 1 aromatic carbocycles. The second-order valence-corrected chi connectivity index (χ2v) is 7.21. The zero-order valence-electron chi connectivity index (χ0n) is 11.7. The summed E-state index contributed by atoms with van der Waals surface area (Å²) in [6.45, 7) is 2.39. The Morgan fingerprint density at radius 2 is 2.18 bits per heavy atom. The van der Waals surface area contributed by atoms with Crippen molar-refractivity contribution in [2.24, 2.45) is 5.92 Å². The van der Waals surface area contributed by atoms with Crippen molar-refractivity contribution in [3.05, 3.63) is 36.2 Å².